The van der Waals surface area contributed by atoms with Crippen LogP contribution in [0, 0.1) is 17.8 Å². The van der Waals surface area contributed by atoms with E-state index in [-0.39, 0.29) is 90.0 Å². The average molecular weight is 1170 g/mol. The third-order valence-electron chi connectivity index (χ3n) is 19.9. The van der Waals surface area contributed by atoms with E-state index in [1.54, 1.807) is 47.8 Å². The summed E-state index contributed by atoms with van der Waals surface area (Å²) in [7, 11) is 8.97. The summed E-state index contributed by atoms with van der Waals surface area (Å²) in [4.78, 5) is 28.5. The maximum Gasteiger partial charge on any atom is 0.168 e. The van der Waals surface area contributed by atoms with Crippen LogP contribution in [0.5, 0.6) is 17.2 Å². The lowest BCUT2D eigenvalue weighted by Crippen LogP contribution is -2.53. The van der Waals surface area contributed by atoms with Crippen LogP contribution in [0.2, 0.25) is 0 Å². The van der Waals surface area contributed by atoms with Gasteiger partial charge in [-0.15, -0.1) is 0 Å². The van der Waals surface area contributed by atoms with Crippen molar-refractivity contribution in [1.82, 2.24) is 5.32 Å². The van der Waals surface area contributed by atoms with Crippen molar-refractivity contribution in [3.63, 3.8) is 0 Å². The number of aliphatic hydroxyl groups excluding tert-OH is 3. The van der Waals surface area contributed by atoms with Crippen molar-refractivity contribution in [3.8, 4) is 28.4 Å². The van der Waals surface area contributed by atoms with E-state index in [9.17, 15) is 35.4 Å². The van der Waals surface area contributed by atoms with Crippen LogP contribution in [0.15, 0.2) is 48.5 Å². The highest BCUT2D eigenvalue weighted by molar-refractivity contribution is 8.78. The van der Waals surface area contributed by atoms with Gasteiger partial charge in [0, 0.05) is 59.1 Å². The average Bonchev–Trinajstić information content (AvgIpc) is 3.32. The van der Waals surface area contributed by atoms with Crippen LogP contribution in [0.3, 0.4) is 0 Å². The highest BCUT2D eigenvalue weighted by Gasteiger charge is 2.53. The zero-order valence-electron chi connectivity index (χ0n) is 46.9. The quantitative estimate of drug-likeness (QED) is 0.0521. The van der Waals surface area contributed by atoms with Gasteiger partial charge in [0.15, 0.2) is 17.3 Å². The largest absolute Gasteiger partial charge is 0.508 e. The fourth-order valence-corrected chi connectivity index (χ4v) is 23.2. The molecule has 0 radical (unpaired) electrons. The predicted molar refractivity (Wildman–Crippen MR) is 326 cm³/mol. The molecule has 434 valence electrons. The van der Waals surface area contributed by atoms with Crippen molar-refractivity contribution in [3.05, 3.63) is 81.9 Å². The monoisotopic (exact) mass is 1170 g/mol. The molecule has 0 aromatic heterocycles. The number of carbonyl (C=O) groups is 2. The van der Waals surface area contributed by atoms with Crippen LogP contribution in [-0.2, 0) is 33.1 Å². The van der Waals surface area contributed by atoms with Crippen LogP contribution in [0.25, 0.3) is 21.9 Å². The maximum absolute atomic E-state index is 15.2. The van der Waals surface area contributed by atoms with Gasteiger partial charge in [-0.3, -0.25) is 14.9 Å². The molecule has 2 saturated carbocycles. The molecule has 12 nitrogen and oxygen atoms in total. The molecule has 0 spiro atoms. The summed E-state index contributed by atoms with van der Waals surface area (Å²) in [6.07, 6.45) is 12.5. The molecule has 8 aliphatic rings. The molecule has 4 aromatic carbocycles. The van der Waals surface area contributed by atoms with Gasteiger partial charge in [-0.1, -0.05) is 106 Å². The zero-order valence-corrected chi connectivity index (χ0v) is 50.2. The van der Waals surface area contributed by atoms with Gasteiger partial charge in [0.1, 0.15) is 17.8 Å². The molecule has 0 amide bonds. The topological polar surface area (TPSA) is 198 Å². The van der Waals surface area contributed by atoms with Crippen molar-refractivity contribution in [2.24, 2.45) is 17.8 Å². The minimum atomic E-state index is -0.745. The van der Waals surface area contributed by atoms with Crippen molar-refractivity contribution in [2.75, 3.05) is 24.8 Å². The molecule has 12 rings (SSSR count). The Morgan fingerprint density at radius 1 is 0.912 bits per heavy atom. The van der Waals surface area contributed by atoms with Gasteiger partial charge in [0.2, 0.25) is 0 Å². The Kier molecular flexibility index (Phi) is 18.5. The summed E-state index contributed by atoms with van der Waals surface area (Å²) in [6.45, 7) is 3.64. The molecule has 80 heavy (non-hydrogen) atoms. The molecule has 4 aromatic rings. The van der Waals surface area contributed by atoms with Gasteiger partial charge in [-0.25, -0.2) is 0 Å². The molecule has 8 N–H and O–H groups in total. The van der Waals surface area contributed by atoms with E-state index in [0.717, 1.165) is 145 Å². The number of aliphatic hydroxyl groups is 4. The Bertz CT molecular complexity index is 2900. The number of phenolic OH excluding ortho intramolecular Hbond substituents is 2. The van der Waals surface area contributed by atoms with Gasteiger partial charge in [-0.2, -0.15) is 0 Å². The number of anilines is 1. The van der Waals surface area contributed by atoms with E-state index < -0.39 is 34.8 Å². The Balaban J connectivity index is 1.09. The number of ketones is 2. The maximum atomic E-state index is 15.2. The number of phenols is 2. The summed E-state index contributed by atoms with van der Waals surface area (Å²) in [5.41, 5.74) is 7.37. The lowest BCUT2D eigenvalue weighted by molar-refractivity contribution is -0.130. The standard InChI is InChI=1S/C64H84N2O10S4/c1-4-5-6-9-56-64-25-20-39(29-55(64)73)54(31-45(71)16-11-38-14-19-53(72)61(75-3)57(38)46-17-12-37-10-15-44(70)30-47(37)50(46)35-78-80-64)76-62-49-27-42(33-68)60-58-40(13-18-51(65-60)36(2)69)26-41(32-67)48(59(49)58)28-43(34-77-79-56)52(66-62)21-24-63(74)22-7-8-23-63/h10,12,14-15,17,19,27,30,39-41,43,48,51-52,54-56,62,65-68,70,72-74H,4-9,11,13,16,18,20-26,28-29,31-35H2,1-3H3/t39-,40-,41-,43+,48+,51+,52-,54-,55-,56-,62+,64-/m0/s1. The van der Waals surface area contributed by atoms with Crippen LogP contribution >= 0.6 is 43.2 Å². The second-order valence-electron chi connectivity index (χ2n) is 24.8. The van der Waals surface area contributed by atoms with Gasteiger partial charge in [0.25, 0.3) is 0 Å². The fourth-order valence-electron chi connectivity index (χ4n) is 15.6. The lowest BCUT2D eigenvalue weighted by atomic mass is 9.63. The van der Waals surface area contributed by atoms with Crippen molar-refractivity contribution in [2.45, 2.75) is 213 Å². The van der Waals surface area contributed by atoms with Gasteiger partial charge in [-0.05, 0) is 188 Å². The third kappa shape index (κ3) is 11.7. The first-order chi connectivity index (χ1) is 38.7. The van der Waals surface area contributed by atoms with Gasteiger partial charge < -0.3 is 45.4 Å². The number of nitrogens with one attached hydrogen (secondary N) is 2. The van der Waals surface area contributed by atoms with Crippen LogP contribution < -0.4 is 15.4 Å². The second kappa shape index (κ2) is 25.2. The number of methoxy groups -OCH3 is 1. The first-order valence-electron chi connectivity index (χ1n) is 30.0. The molecule has 4 fully saturated rings. The molecule has 5 aliphatic heterocycles. The fraction of sp³-hybridized carbons (Fsp3) is 0.625. The molecule has 2 saturated heterocycles. The van der Waals surface area contributed by atoms with E-state index in [0.29, 0.717) is 48.3 Å². The predicted octanol–water partition coefficient (Wildman–Crippen LogP) is 12.9. The molecule has 0 unspecified atom stereocenters. The van der Waals surface area contributed by atoms with Gasteiger partial charge >= 0.3 is 0 Å². The Morgan fingerprint density at radius 2 is 1.74 bits per heavy atom. The van der Waals surface area contributed by atoms with Crippen molar-refractivity contribution < 1.29 is 49.7 Å². The number of hydrogen-bond donors (Lipinski definition) is 8. The highest BCUT2D eigenvalue weighted by Crippen LogP contribution is 2.60. The van der Waals surface area contributed by atoms with Crippen LogP contribution in [-0.4, -0.2) is 102 Å². The van der Waals surface area contributed by atoms with E-state index in [1.165, 1.54) is 0 Å². The van der Waals surface area contributed by atoms with Crippen molar-refractivity contribution in [1.29, 1.82) is 0 Å². The summed E-state index contributed by atoms with van der Waals surface area (Å²) in [5, 5.41) is 80.6. The zero-order chi connectivity index (χ0) is 55.9. The lowest BCUT2D eigenvalue weighted by Gasteiger charge is -2.50. The normalized spacial score (nSPS) is 31.5. The molecule has 5 heterocycles. The van der Waals surface area contributed by atoms with E-state index in [4.69, 9.17) is 9.47 Å². The number of aryl methyl sites for hydroxylation is 1. The second-order valence-corrected chi connectivity index (χ2v) is 30.0. The third-order valence-corrected chi connectivity index (χ3v) is 26.4. The number of fused-ring (bicyclic) bond motifs is 9. The van der Waals surface area contributed by atoms with Crippen LogP contribution in [0.1, 0.15) is 187 Å². The Hall–Kier alpha value is -3.16. The minimum absolute atomic E-state index is 0.00569. The Labute approximate surface area is 488 Å². The number of Topliss-reactive ketones (excluding diaryl/α,β-unsaturated/α-hetero) is 2. The Morgan fingerprint density at radius 3 is 2.50 bits per heavy atom. The first kappa shape index (κ1) is 58.6. The van der Waals surface area contributed by atoms with Gasteiger partial charge in [0.05, 0.1) is 42.3 Å². The summed E-state index contributed by atoms with van der Waals surface area (Å²) >= 11 is 0. The number of rotatable bonds is 11. The summed E-state index contributed by atoms with van der Waals surface area (Å²) < 4.78 is 13.3. The molecular weight excluding hydrogens is 1080 g/mol. The number of carbonyl (C=O) groups excluding carboxylic acids is 2. The first-order valence-corrected chi connectivity index (χ1v) is 34.7. The van der Waals surface area contributed by atoms with E-state index in [2.05, 4.69) is 29.7 Å². The number of hydrogen-bond acceptors (Lipinski definition) is 16. The molecular formula is C64H84N2O10S4. The SMILES string of the molecule is CCCCC[C@@H]1SSC[C@H]2C[C@H]3c4c(cc(CO)c5c4[C@@H](CC[C@H](C(C)=O)N5)C[C@H]3CO)[C@H](N[C@H]2CCC2(O)CCCC2)O[C@H]2CC(=O)CCc3ccc(O)c(OC)c3-c3ccc4ccc(O)cc4c3CSS[C@]13CC[C@H]2C[C@@H]3O. The molecule has 12 atom stereocenters. The number of ether oxygens (including phenoxy) is 2. The number of benzene rings is 4. The van der Waals surface area contributed by atoms with E-state index in [1.807, 2.05) is 45.9 Å². The highest BCUT2D eigenvalue weighted by atomic mass is 33.1. The summed E-state index contributed by atoms with van der Waals surface area (Å²) in [6, 6.07) is 14.7. The molecule has 5 bridgehead atoms. The van der Waals surface area contributed by atoms with E-state index >= 15 is 4.79 Å². The minimum Gasteiger partial charge on any atom is -0.508 e. The van der Waals surface area contributed by atoms with Crippen molar-refractivity contribution >= 4 is 71.2 Å². The smallest absolute Gasteiger partial charge is 0.168 e. The number of aromatic hydroxyl groups is 2. The molecule has 3 aliphatic carbocycles. The van der Waals surface area contributed by atoms with Crippen LogP contribution in [0.4, 0.5) is 5.69 Å². The molecule has 16 heteroatoms. The summed E-state index contributed by atoms with van der Waals surface area (Å²) in [5.74, 6) is 1.70. The number of unbranched alkanes of at least 4 members (excludes halogenated alkanes) is 2.